The standard InChI is InChI=1S/C53H35N3.C42H30N4/c1-3-15-42(16-4-1)55-49-23-9-7-19-46(49)47-35-41(33-34-50(47)55)36-25-27-37(28-26-36)44-20-11-13-39-14-12-21-45(52(39)44)38-29-31-40(32-30-38)53-54-48-22-8-10-24-51(48)56(53)43-17-5-2-6-18-43;1-2-10-35(11-3-1)46-40-15-5-4-12-38(40)39-26-33(22-25-41(39)46)29-16-18-30(19-17-29)36-13-6-8-32-9-7-14-37(42(32)36)31-20-23-34(24-21-31)45-27-43-44-28-45/h1-35H;1-26H,27-28H2. The first-order chi connectivity index (χ1) is 50.6. The van der Waals surface area contributed by atoms with Gasteiger partial charge in [0.25, 0.3) is 0 Å². The lowest BCUT2D eigenvalue weighted by Gasteiger charge is -2.16. The van der Waals surface area contributed by atoms with Crippen LogP contribution in [0.3, 0.4) is 0 Å². The Kier molecular flexibility index (Phi) is 14.9. The summed E-state index contributed by atoms with van der Waals surface area (Å²) in [6, 6.07) is 133. The molecule has 0 aliphatic carbocycles. The largest absolute Gasteiger partial charge is 0.329 e. The van der Waals surface area contributed by atoms with Crippen molar-refractivity contribution in [3.05, 3.63) is 370 Å². The third-order valence-electron chi connectivity index (χ3n) is 20.4. The van der Waals surface area contributed by atoms with Gasteiger partial charge < -0.3 is 14.0 Å². The Labute approximate surface area is 590 Å². The van der Waals surface area contributed by atoms with Gasteiger partial charge in [-0.05, 0) is 185 Å². The molecule has 1 aliphatic heterocycles. The summed E-state index contributed by atoms with van der Waals surface area (Å²) in [6.07, 6.45) is 0. The Morgan fingerprint density at radius 1 is 0.216 bits per heavy atom. The second kappa shape index (κ2) is 25.4. The maximum Gasteiger partial charge on any atom is 0.145 e. The van der Waals surface area contributed by atoms with Crippen molar-refractivity contribution in [2.45, 2.75) is 0 Å². The Bertz CT molecular complexity index is 6370. The van der Waals surface area contributed by atoms with Gasteiger partial charge in [-0.1, -0.05) is 273 Å². The molecule has 0 unspecified atom stereocenters. The average molecular weight is 1300 g/mol. The van der Waals surface area contributed by atoms with Crippen molar-refractivity contribution >= 4 is 81.9 Å². The van der Waals surface area contributed by atoms with E-state index in [1.54, 1.807) is 0 Å². The molecule has 102 heavy (non-hydrogen) atoms. The fraction of sp³-hybridized carbons (Fsp3) is 0.0211. The summed E-state index contributed by atoms with van der Waals surface area (Å²) in [6.45, 7) is 1.25. The molecule has 19 aromatic rings. The highest BCUT2D eigenvalue weighted by atomic mass is 15.4. The van der Waals surface area contributed by atoms with Gasteiger partial charge in [0.2, 0.25) is 0 Å². The summed E-state index contributed by atoms with van der Waals surface area (Å²) in [5.41, 5.74) is 27.1. The van der Waals surface area contributed by atoms with Crippen molar-refractivity contribution in [2.24, 2.45) is 10.2 Å². The van der Waals surface area contributed by atoms with Crippen LogP contribution in [-0.4, -0.2) is 32.0 Å². The zero-order valence-electron chi connectivity index (χ0n) is 55.8. The second-order valence-electron chi connectivity index (χ2n) is 26.2. The first-order valence-corrected chi connectivity index (χ1v) is 34.8. The predicted octanol–water partition coefficient (Wildman–Crippen LogP) is 25.1. The third-order valence-corrected chi connectivity index (χ3v) is 20.4. The van der Waals surface area contributed by atoms with Gasteiger partial charge in [0.05, 0.1) is 33.1 Å². The number of nitrogens with zero attached hydrogens (tertiary/aromatic N) is 7. The predicted molar refractivity (Wildman–Crippen MR) is 426 cm³/mol. The van der Waals surface area contributed by atoms with E-state index in [1.807, 2.05) is 0 Å². The van der Waals surface area contributed by atoms with Crippen LogP contribution >= 0.6 is 0 Å². The fourth-order valence-corrected chi connectivity index (χ4v) is 15.5. The lowest BCUT2D eigenvalue weighted by Crippen LogP contribution is -2.17. The van der Waals surface area contributed by atoms with Crippen LogP contribution in [0.4, 0.5) is 5.69 Å². The van der Waals surface area contributed by atoms with E-state index < -0.39 is 0 Å². The number of hydrogen-bond donors (Lipinski definition) is 0. The number of anilines is 1. The van der Waals surface area contributed by atoms with Crippen molar-refractivity contribution in [1.82, 2.24) is 18.7 Å². The van der Waals surface area contributed by atoms with Crippen LogP contribution < -0.4 is 4.90 Å². The van der Waals surface area contributed by atoms with Gasteiger partial charge in [0.15, 0.2) is 0 Å². The van der Waals surface area contributed by atoms with Gasteiger partial charge in [0, 0.05) is 49.9 Å². The number of benzene rings is 16. The maximum atomic E-state index is 5.10. The average Bonchev–Trinajstić information content (AvgIpc) is 1.69. The molecule has 1 aliphatic rings. The zero-order valence-corrected chi connectivity index (χ0v) is 55.8. The Balaban J connectivity index is 0.000000144. The molecule has 0 spiro atoms. The molecule has 7 nitrogen and oxygen atoms in total. The molecule has 0 atom stereocenters. The van der Waals surface area contributed by atoms with Gasteiger partial charge in [-0.25, -0.2) is 4.98 Å². The molecule has 0 saturated heterocycles. The fourth-order valence-electron chi connectivity index (χ4n) is 15.5. The van der Waals surface area contributed by atoms with Crippen molar-refractivity contribution in [1.29, 1.82) is 0 Å². The molecule has 0 bridgehead atoms. The van der Waals surface area contributed by atoms with Crippen LogP contribution in [-0.2, 0) is 0 Å². The van der Waals surface area contributed by atoms with Crippen LogP contribution in [0.5, 0.6) is 0 Å². The molecule has 7 heteroatoms. The molecule has 0 amide bonds. The lowest BCUT2D eigenvalue weighted by atomic mass is 9.90. The van der Waals surface area contributed by atoms with E-state index in [4.69, 9.17) is 4.98 Å². The van der Waals surface area contributed by atoms with Crippen molar-refractivity contribution in [2.75, 3.05) is 18.2 Å². The molecule has 0 fully saturated rings. The molecule has 4 heterocycles. The zero-order chi connectivity index (χ0) is 67.5. The highest BCUT2D eigenvalue weighted by Crippen LogP contribution is 2.43. The maximum absolute atomic E-state index is 5.10. The summed E-state index contributed by atoms with van der Waals surface area (Å²) < 4.78 is 6.98. The second-order valence-corrected chi connectivity index (χ2v) is 26.2. The normalized spacial score (nSPS) is 12.2. The van der Waals surface area contributed by atoms with Crippen molar-refractivity contribution < 1.29 is 0 Å². The molecule has 0 saturated carbocycles. The Hall–Kier alpha value is -13.5. The monoisotopic (exact) mass is 1300 g/mol. The highest BCUT2D eigenvalue weighted by Gasteiger charge is 2.20. The van der Waals surface area contributed by atoms with Crippen LogP contribution in [0.25, 0.3) is 171 Å². The number of aromatic nitrogens is 4. The van der Waals surface area contributed by atoms with Gasteiger partial charge in [0.1, 0.15) is 19.2 Å². The highest BCUT2D eigenvalue weighted by molar-refractivity contribution is 6.13. The van der Waals surface area contributed by atoms with Crippen LogP contribution in [0.15, 0.2) is 380 Å². The van der Waals surface area contributed by atoms with E-state index in [-0.39, 0.29) is 0 Å². The summed E-state index contributed by atoms with van der Waals surface area (Å²) in [7, 11) is 0. The van der Waals surface area contributed by atoms with Gasteiger partial charge in [-0.2, -0.15) is 10.2 Å². The SMILES string of the molecule is c1ccc(-n2c(-c3ccc(-c4cccc5cccc(-c6ccc(-c7ccc8c(c7)c7ccccc7n8-c7ccccc7)cc6)c45)cc3)nc3ccccc32)cc1.c1ccc(-n2c3ccccc3c3cc(-c4ccc(-c5cccc6cccc(-c7ccc(N8CN=NC8)cc7)c56)cc4)ccc32)cc1. The number of rotatable bonds is 11. The smallest absolute Gasteiger partial charge is 0.145 e. The summed E-state index contributed by atoms with van der Waals surface area (Å²) in [5.74, 6) is 0.934. The lowest BCUT2D eigenvalue weighted by molar-refractivity contribution is 0.942. The molecule has 16 aromatic carbocycles. The minimum absolute atomic E-state index is 0.624. The first kappa shape index (κ1) is 59.7. The van der Waals surface area contributed by atoms with Gasteiger partial charge in [-0.3, -0.25) is 4.57 Å². The van der Waals surface area contributed by atoms with E-state index >= 15 is 0 Å². The molecular weight excluding hydrogens is 1240 g/mol. The summed E-state index contributed by atoms with van der Waals surface area (Å²) in [5, 5.41) is 18.3. The molecule has 20 rings (SSSR count). The number of imidazole rings is 1. The summed E-state index contributed by atoms with van der Waals surface area (Å²) >= 11 is 0. The third kappa shape index (κ3) is 10.6. The minimum atomic E-state index is 0.624. The summed E-state index contributed by atoms with van der Waals surface area (Å²) in [4.78, 5) is 7.26. The van der Waals surface area contributed by atoms with Gasteiger partial charge >= 0.3 is 0 Å². The molecule has 0 radical (unpaired) electrons. The van der Waals surface area contributed by atoms with E-state index in [9.17, 15) is 0 Å². The molecule has 3 aromatic heterocycles. The van der Waals surface area contributed by atoms with Crippen molar-refractivity contribution in [3.63, 3.8) is 0 Å². The first-order valence-electron chi connectivity index (χ1n) is 34.8. The Morgan fingerprint density at radius 2 is 0.549 bits per heavy atom. The van der Waals surface area contributed by atoms with E-state index in [2.05, 4.69) is 399 Å². The topological polar surface area (TPSA) is 55.6 Å². The van der Waals surface area contributed by atoms with Gasteiger partial charge in [-0.15, -0.1) is 0 Å². The van der Waals surface area contributed by atoms with E-state index in [1.165, 1.54) is 143 Å². The molecule has 480 valence electrons. The van der Waals surface area contributed by atoms with Crippen molar-refractivity contribution in [3.8, 4) is 95.2 Å². The number of hydrogen-bond acceptors (Lipinski definition) is 4. The molecular formula is C95H65N7. The number of fused-ring (bicyclic) bond motifs is 9. The quantitative estimate of drug-likeness (QED) is 0.130. The number of para-hydroxylation sites is 7. The van der Waals surface area contributed by atoms with E-state index in [0.717, 1.165) is 33.8 Å². The molecule has 0 N–H and O–H groups in total. The van der Waals surface area contributed by atoms with E-state index in [0.29, 0.717) is 13.3 Å². The minimum Gasteiger partial charge on any atom is -0.329 e. The van der Waals surface area contributed by atoms with Crippen LogP contribution in [0, 0.1) is 0 Å². The Morgan fingerprint density at radius 3 is 0.980 bits per heavy atom. The van der Waals surface area contributed by atoms with Crippen LogP contribution in [0.2, 0.25) is 0 Å². The number of azo groups is 1. The van der Waals surface area contributed by atoms with Crippen LogP contribution in [0.1, 0.15) is 0 Å².